The fourth-order valence-corrected chi connectivity index (χ4v) is 1.88. The molecule has 0 radical (unpaired) electrons. The first-order valence-corrected chi connectivity index (χ1v) is 4.57. The van der Waals surface area contributed by atoms with Crippen LogP contribution in [0.4, 0.5) is 0 Å². The molecule has 66 valence electrons. The molecule has 0 fully saturated rings. The van der Waals surface area contributed by atoms with E-state index in [1.165, 1.54) is 0 Å². The first kappa shape index (κ1) is 9.29. The molecule has 1 aromatic rings. The molecule has 0 saturated heterocycles. The summed E-state index contributed by atoms with van der Waals surface area (Å²) >= 11 is 1.60. The van der Waals surface area contributed by atoms with Crippen LogP contribution in [0, 0.1) is 0 Å². The Morgan fingerprint density at radius 3 is 2.92 bits per heavy atom. The maximum Gasteiger partial charge on any atom is 0.134 e. The summed E-state index contributed by atoms with van der Waals surface area (Å²) in [5, 5.41) is 1.97. The SMILES string of the molecule is C=C(C)C(N)c1sccc1OC. The maximum absolute atomic E-state index is 5.89. The summed E-state index contributed by atoms with van der Waals surface area (Å²) in [4.78, 5) is 1.05. The molecule has 0 saturated carbocycles. The van der Waals surface area contributed by atoms with Crippen LogP contribution in [0.1, 0.15) is 17.8 Å². The minimum Gasteiger partial charge on any atom is -0.496 e. The quantitative estimate of drug-likeness (QED) is 0.730. The lowest BCUT2D eigenvalue weighted by atomic mass is 10.1. The third-order valence-electron chi connectivity index (χ3n) is 1.69. The van der Waals surface area contributed by atoms with E-state index in [0.29, 0.717) is 0 Å². The fourth-order valence-electron chi connectivity index (χ4n) is 0.928. The van der Waals surface area contributed by atoms with Crippen LogP contribution in [0.15, 0.2) is 23.6 Å². The summed E-state index contributed by atoms with van der Waals surface area (Å²) < 4.78 is 5.15. The van der Waals surface area contributed by atoms with Crippen molar-refractivity contribution in [1.29, 1.82) is 0 Å². The van der Waals surface area contributed by atoms with Crippen LogP contribution in [0.3, 0.4) is 0 Å². The van der Waals surface area contributed by atoms with Crippen molar-refractivity contribution in [3.63, 3.8) is 0 Å². The summed E-state index contributed by atoms with van der Waals surface area (Å²) in [5.41, 5.74) is 6.84. The van der Waals surface area contributed by atoms with E-state index >= 15 is 0 Å². The smallest absolute Gasteiger partial charge is 0.134 e. The molecule has 2 nitrogen and oxygen atoms in total. The zero-order valence-electron chi connectivity index (χ0n) is 7.33. The number of hydrogen-bond acceptors (Lipinski definition) is 3. The Morgan fingerprint density at radius 2 is 2.42 bits per heavy atom. The van der Waals surface area contributed by atoms with E-state index in [2.05, 4.69) is 6.58 Å². The summed E-state index contributed by atoms with van der Waals surface area (Å²) in [7, 11) is 1.65. The summed E-state index contributed by atoms with van der Waals surface area (Å²) in [5.74, 6) is 0.857. The van der Waals surface area contributed by atoms with E-state index in [4.69, 9.17) is 10.5 Å². The van der Waals surface area contributed by atoms with Gasteiger partial charge in [0, 0.05) is 0 Å². The van der Waals surface area contributed by atoms with Crippen molar-refractivity contribution in [1.82, 2.24) is 0 Å². The van der Waals surface area contributed by atoms with Crippen LogP contribution in [0.2, 0.25) is 0 Å². The molecule has 2 N–H and O–H groups in total. The van der Waals surface area contributed by atoms with Crippen LogP contribution in [-0.2, 0) is 0 Å². The standard InChI is InChI=1S/C9H13NOS/c1-6(2)8(10)9-7(11-3)4-5-12-9/h4-5,8H,1,10H2,2-3H3. The van der Waals surface area contributed by atoms with Gasteiger partial charge in [-0.05, 0) is 18.4 Å². The van der Waals surface area contributed by atoms with Gasteiger partial charge in [0.05, 0.1) is 18.0 Å². The zero-order valence-corrected chi connectivity index (χ0v) is 8.15. The third-order valence-corrected chi connectivity index (χ3v) is 2.67. The Hall–Kier alpha value is -0.800. The van der Waals surface area contributed by atoms with Crippen LogP contribution in [0.5, 0.6) is 5.75 Å². The van der Waals surface area contributed by atoms with Gasteiger partial charge in [-0.25, -0.2) is 0 Å². The molecule has 0 spiro atoms. The van der Waals surface area contributed by atoms with E-state index in [-0.39, 0.29) is 6.04 Å². The number of methoxy groups -OCH3 is 1. The third kappa shape index (κ3) is 1.68. The summed E-state index contributed by atoms with van der Waals surface area (Å²) in [6.45, 7) is 5.73. The minimum absolute atomic E-state index is 0.0973. The highest BCUT2D eigenvalue weighted by molar-refractivity contribution is 7.10. The predicted molar refractivity (Wildman–Crippen MR) is 52.6 cm³/mol. The van der Waals surface area contributed by atoms with Gasteiger partial charge >= 0.3 is 0 Å². The van der Waals surface area contributed by atoms with Gasteiger partial charge in [0.1, 0.15) is 5.75 Å². The van der Waals surface area contributed by atoms with Crippen molar-refractivity contribution < 1.29 is 4.74 Å². The van der Waals surface area contributed by atoms with Crippen LogP contribution < -0.4 is 10.5 Å². The van der Waals surface area contributed by atoms with Gasteiger partial charge in [-0.2, -0.15) is 0 Å². The van der Waals surface area contributed by atoms with Gasteiger partial charge in [-0.1, -0.05) is 12.2 Å². The Bertz CT molecular complexity index is 280. The first-order valence-electron chi connectivity index (χ1n) is 3.69. The van der Waals surface area contributed by atoms with Crippen molar-refractivity contribution in [2.24, 2.45) is 5.73 Å². The molecule has 1 atom stereocenters. The molecule has 0 aromatic carbocycles. The summed E-state index contributed by atoms with van der Waals surface area (Å²) in [6.07, 6.45) is 0. The Labute approximate surface area is 76.7 Å². The van der Waals surface area contributed by atoms with Crippen molar-refractivity contribution in [2.75, 3.05) is 7.11 Å². The molecule has 1 unspecified atom stereocenters. The highest BCUT2D eigenvalue weighted by Gasteiger charge is 2.13. The zero-order chi connectivity index (χ0) is 9.14. The van der Waals surface area contributed by atoms with Gasteiger partial charge < -0.3 is 10.5 Å². The Balaban J connectivity index is 2.93. The maximum atomic E-state index is 5.89. The van der Waals surface area contributed by atoms with Gasteiger partial charge in [-0.15, -0.1) is 11.3 Å². The molecule has 0 amide bonds. The van der Waals surface area contributed by atoms with E-state index < -0.39 is 0 Å². The Kier molecular flexibility index (Phi) is 2.89. The number of rotatable bonds is 3. The van der Waals surface area contributed by atoms with Crippen molar-refractivity contribution in [3.8, 4) is 5.75 Å². The number of nitrogens with two attached hydrogens (primary N) is 1. The molecule has 12 heavy (non-hydrogen) atoms. The van der Waals surface area contributed by atoms with Crippen LogP contribution in [-0.4, -0.2) is 7.11 Å². The Morgan fingerprint density at radius 1 is 1.75 bits per heavy atom. The summed E-state index contributed by atoms with van der Waals surface area (Å²) in [6, 6.07) is 1.82. The van der Waals surface area contributed by atoms with E-state index in [9.17, 15) is 0 Å². The second-order valence-electron chi connectivity index (χ2n) is 2.68. The fraction of sp³-hybridized carbons (Fsp3) is 0.333. The molecular weight excluding hydrogens is 170 g/mol. The lowest BCUT2D eigenvalue weighted by Gasteiger charge is -2.10. The van der Waals surface area contributed by atoms with Crippen LogP contribution in [0.25, 0.3) is 0 Å². The van der Waals surface area contributed by atoms with E-state index in [0.717, 1.165) is 16.2 Å². The second kappa shape index (κ2) is 3.74. The predicted octanol–water partition coefficient (Wildman–Crippen LogP) is 2.33. The lowest BCUT2D eigenvalue weighted by molar-refractivity contribution is 0.410. The highest BCUT2D eigenvalue weighted by atomic mass is 32.1. The average molecular weight is 183 g/mol. The molecule has 1 rings (SSSR count). The second-order valence-corrected chi connectivity index (χ2v) is 3.62. The van der Waals surface area contributed by atoms with Crippen LogP contribution >= 0.6 is 11.3 Å². The number of thiophene rings is 1. The minimum atomic E-state index is -0.0973. The topological polar surface area (TPSA) is 35.2 Å². The molecule has 0 aliphatic rings. The average Bonchev–Trinajstić information content (AvgIpc) is 2.49. The largest absolute Gasteiger partial charge is 0.496 e. The van der Waals surface area contributed by atoms with Gasteiger partial charge in [0.15, 0.2) is 0 Å². The van der Waals surface area contributed by atoms with Gasteiger partial charge in [-0.3, -0.25) is 0 Å². The monoisotopic (exact) mass is 183 g/mol. The van der Waals surface area contributed by atoms with Crippen molar-refractivity contribution in [3.05, 3.63) is 28.5 Å². The van der Waals surface area contributed by atoms with Gasteiger partial charge in [0.2, 0.25) is 0 Å². The molecule has 0 aliphatic carbocycles. The molecule has 1 heterocycles. The van der Waals surface area contributed by atoms with Gasteiger partial charge in [0.25, 0.3) is 0 Å². The molecule has 3 heteroatoms. The number of ether oxygens (including phenoxy) is 1. The van der Waals surface area contributed by atoms with E-state index in [1.807, 2.05) is 18.4 Å². The molecule has 0 bridgehead atoms. The normalized spacial score (nSPS) is 12.6. The molecule has 1 aromatic heterocycles. The van der Waals surface area contributed by atoms with E-state index in [1.54, 1.807) is 18.4 Å². The molecule has 0 aliphatic heterocycles. The highest BCUT2D eigenvalue weighted by Crippen LogP contribution is 2.32. The lowest BCUT2D eigenvalue weighted by Crippen LogP contribution is -2.09. The van der Waals surface area contributed by atoms with Crippen molar-refractivity contribution >= 4 is 11.3 Å². The number of hydrogen-bond donors (Lipinski definition) is 1. The molecular formula is C9H13NOS. The first-order chi connectivity index (χ1) is 5.66. The van der Waals surface area contributed by atoms with Crippen molar-refractivity contribution in [2.45, 2.75) is 13.0 Å².